The summed E-state index contributed by atoms with van der Waals surface area (Å²) in [5.41, 5.74) is 1.06. The maximum Gasteiger partial charge on any atom is 0.303 e. The first-order chi connectivity index (χ1) is 7.49. The van der Waals surface area contributed by atoms with E-state index in [1.165, 1.54) is 4.90 Å². The van der Waals surface area contributed by atoms with E-state index in [9.17, 15) is 4.79 Å². The van der Waals surface area contributed by atoms with Crippen molar-refractivity contribution in [2.24, 2.45) is 0 Å². The van der Waals surface area contributed by atoms with E-state index in [1.54, 1.807) is 11.8 Å². The zero-order valence-electron chi connectivity index (χ0n) is 9.37. The summed E-state index contributed by atoms with van der Waals surface area (Å²) in [5.74, 6) is -0.753. The normalized spacial score (nSPS) is 10.8. The van der Waals surface area contributed by atoms with E-state index < -0.39 is 5.97 Å². The van der Waals surface area contributed by atoms with E-state index in [4.69, 9.17) is 5.11 Å². The van der Waals surface area contributed by atoms with Crippen LogP contribution in [0.4, 0.5) is 0 Å². The Morgan fingerprint density at radius 1 is 1.50 bits per heavy atom. The van der Waals surface area contributed by atoms with Crippen molar-refractivity contribution in [1.29, 1.82) is 0 Å². The highest BCUT2D eigenvalue weighted by molar-refractivity contribution is 9.10. The minimum atomic E-state index is -0.753. The largest absolute Gasteiger partial charge is 0.481 e. The van der Waals surface area contributed by atoms with Crippen LogP contribution in [-0.4, -0.2) is 16.3 Å². The van der Waals surface area contributed by atoms with Gasteiger partial charge in [0, 0.05) is 21.0 Å². The van der Waals surface area contributed by atoms with Crippen LogP contribution in [0.25, 0.3) is 0 Å². The molecule has 0 aliphatic carbocycles. The van der Waals surface area contributed by atoms with Gasteiger partial charge in [-0.2, -0.15) is 0 Å². The average molecular weight is 303 g/mol. The molecule has 1 aromatic rings. The number of thioether (sulfide) groups is 1. The molecule has 0 bridgehead atoms. The van der Waals surface area contributed by atoms with E-state index in [0.717, 1.165) is 10.0 Å². The molecule has 0 aliphatic rings. The maximum absolute atomic E-state index is 10.5. The molecule has 2 nitrogen and oxygen atoms in total. The summed E-state index contributed by atoms with van der Waals surface area (Å²) in [4.78, 5) is 11.7. The maximum atomic E-state index is 10.5. The molecule has 4 heteroatoms. The van der Waals surface area contributed by atoms with Gasteiger partial charge in [0.05, 0.1) is 0 Å². The van der Waals surface area contributed by atoms with Crippen LogP contribution in [0.5, 0.6) is 0 Å². The van der Waals surface area contributed by atoms with E-state index >= 15 is 0 Å². The SMILES string of the molecule is CC(C)Sc1ccc(CCC(=O)O)cc1Br. The fourth-order valence-corrected chi connectivity index (χ4v) is 2.83. The quantitative estimate of drug-likeness (QED) is 0.836. The van der Waals surface area contributed by atoms with Crippen molar-refractivity contribution in [1.82, 2.24) is 0 Å². The lowest BCUT2D eigenvalue weighted by atomic mass is 10.1. The second kappa shape index (κ2) is 6.30. The summed E-state index contributed by atoms with van der Waals surface area (Å²) < 4.78 is 1.05. The first-order valence-corrected chi connectivity index (χ1v) is 6.83. The molecule has 0 saturated carbocycles. The third kappa shape index (κ3) is 4.58. The Labute approximate surface area is 109 Å². The van der Waals surface area contributed by atoms with Gasteiger partial charge in [-0.1, -0.05) is 19.9 Å². The lowest BCUT2D eigenvalue weighted by molar-refractivity contribution is -0.136. The number of carbonyl (C=O) groups is 1. The van der Waals surface area contributed by atoms with E-state index in [2.05, 4.69) is 29.8 Å². The lowest BCUT2D eigenvalue weighted by Gasteiger charge is -2.08. The fraction of sp³-hybridized carbons (Fsp3) is 0.417. The topological polar surface area (TPSA) is 37.3 Å². The van der Waals surface area contributed by atoms with Crippen LogP contribution in [0, 0.1) is 0 Å². The average Bonchev–Trinajstić information content (AvgIpc) is 2.18. The summed E-state index contributed by atoms with van der Waals surface area (Å²) in [6.45, 7) is 4.30. The van der Waals surface area contributed by atoms with Gasteiger partial charge >= 0.3 is 5.97 Å². The van der Waals surface area contributed by atoms with Crippen molar-refractivity contribution in [2.75, 3.05) is 0 Å². The van der Waals surface area contributed by atoms with E-state index in [-0.39, 0.29) is 6.42 Å². The van der Waals surface area contributed by atoms with Crippen molar-refractivity contribution in [3.8, 4) is 0 Å². The zero-order chi connectivity index (χ0) is 12.1. The van der Waals surface area contributed by atoms with Gasteiger partial charge in [-0.3, -0.25) is 4.79 Å². The molecule has 0 spiro atoms. The zero-order valence-corrected chi connectivity index (χ0v) is 11.8. The molecule has 0 saturated heterocycles. The van der Waals surface area contributed by atoms with Crippen molar-refractivity contribution >= 4 is 33.7 Å². The Bertz CT molecular complexity index is 377. The molecular weight excluding hydrogens is 288 g/mol. The molecule has 0 aliphatic heterocycles. The van der Waals surface area contributed by atoms with Crippen LogP contribution in [0.1, 0.15) is 25.8 Å². The number of halogens is 1. The number of rotatable bonds is 5. The third-order valence-electron chi connectivity index (χ3n) is 1.99. The summed E-state index contributed by atoms with van der Waals surface area (Å²) in [5, 5.41) is 9.14. The molecule has 0 fully saturated rings. The first kappa shape index (κ1) is 13.6. The highest BCUT2D eigenvalue weighted by Crippen LogP contribution is 2.31. The Hall–Kier alpha value is -0.480. The summed E-state index contributed by atoms with van der Waals surface area (Å²) in [7, 11) is 0. The number of carboxylic acid groups (broad SMARTS) is 1. The Balaban J connectivity index is 2.70. The minimum absolute atomic E-state index is 0.184. The molecule has 0 unspecified atom stereocenters. The summed E-state index contributed by atoms with van der Waals surface area (Å²) in [6, 6.07) is 6.05. The highest BCUT2D eigenvalue weighted by atomic mass is 79.9. The van der Waals surface area contributed by atoms with Gasteiger partial charge in [-0.25, -0.2) is 0 Å². The third-order valence-corrected chi connectivity index (χ3v) is 3.99. The molecule has 1 aromatic carbocycles. The number of carboxylic acids is 1. The van der Waals surface area contributed by atoms with Gasteiger partial charge < -0.3 is 5.11 Å². The first-order valence-electron chi connectivity index (χ1n) is 5.16. The fourth-order valence-electron chi connectivity index (χ4n) is 1.30. The van der Waals surface area contributed by atoms with Crippen LogP contribution in [0.3, 0.4) is 0 Å². The Kier molecular flexibility index (Phi) is 5.35. The molecule has 0 atom stereocenters. The van der Waals surface area contributed by atoms with Crippen molar-refractivity contribution in [3.63, 3.8) is 0 Å². The number of hydrogen-bond donors (Lipinski definition) is 1. The number of aryl methyl sites for hydroxylation is 1. The van der Waals surface area contributed by atoms with Crippen LogP contribution < -0.4 is 0 Å². The molecule has 0 aromatic heterocycles. The molecule has 88 valence electrons. The highest BCUT2D eigenvalue weighted by Gasteiger charge is 2.05. The monoisotopic (exact) mass is 302 g/mol. The van der Waals surface area contributed by atoms with Gasteiger partial charge in [0.1, 0.15) is 0 Å². The molecule has 0 amide bonds. The van der Waals surface area contributed by atoms with E-state index in [0.29, 0.717) is 11.7 Å². The number of aliphatic carboxylic acids is 1. The predicted molar refractivity (Wildman–Crippen MR) is 71.1 cm³/mol. The predicted octanol–water partition coefficient (Wildman–Crippen LogP) is 3.97. The lowest BCUT2D eigenvalue weighted by Crippen LogP contribution is -1.97. The summed E-state index contributed by atoms with van der Waals surface area (Å²) in [6.07, 6.45) is 0.768. The van der Waals surface area contributed by atoms with Crippen molar-refractivity contribution in [3.05, 3.63) is 28.2 Å². The van der Waals surface area contributed by atoms with Crippen LogP contribution >= 0.6 is 27.7 Å². The number of hydrogen-bond acceptors (Lipinski definition) is 2. The Morgan fingerprint density at radius 2 is 2.19 bits per heavy atom. The van der Waals surface area contributed by atoms with Crippen molar-refractivity contribution < 1.29 is 9.90 Å². The Morgan fingerprint density at radius 3 is 2.69 bits per heavy atom. The van der Waals surface area contributed by atoms with Crippen LogP contribution in [0.2, 0.25) is 0 Å². The molecule has 0 radical (unpaired) electrons. The molecule has 1 rings (SSSR count). The van der Waals surface area contributed by atoms with Gasteiger partial charge in [-0.05, 0) is 40.0 Å². The second-order valence-electron chi connectivity index (χ2n) is 3.83. The van der Waals surface area contributed by atoms with Gasteiger partial charge in [0.2, 0.25) is 0 Å². The molecule has 0 heterocycles. The minimum Gasteiger partial charge on any atom is -0.481 e. The van der Waals surface area contributed by atoms with Gasteiger partial charge in [0.25, 0.3) is 0 Å². The smallest absolute Gasteiger partial charge is 0.303 e. The van der Waals surface area contributed by atoms with Crippen molar-refractivity contribution in [2.45, 2.75) is 36.8 Å². The van der Waals surface area contributed by atoms with Crippen LogP contribution in [0.15, 0.2) is 27.6 Å². The van der Waals surface area contributed by atoms with E-state index in [1.807, 2.05) is 18.2 Å². The molecular formula is C12H15BrO2S. The second-order valence-corrected chi connectivity index (χ2v) is 6.30. The van der Waals surface area contributed by atoms with Crippen LogP contribution in [-0.2, 0) is 11.2 Å². The molecule has 1 N–H and O–H groups in total. The standard InChI is InChI=1S/C12H15BrO2S/c1-8(2)16-11-5-3-9(7-10(11)13)4-6-12(14)15/h3,5,7-8H,4,6H2,1-2H3,(H,14,15). The van der Waals surface area contributed by atoms with Gasteiger partial charge in [0.15, 0.2) is 0 Å². The molecule has 16 heavy (non-hydrogen) atoms. The van der Waals surface area contributed by atoms with Gasteiger partial charge in [-0.15, -0.1) is 11.8 Å². The number of benzene rings is 1. The summed E-state index contributed by atoms with van der Waals surface area (Å²) >= 11 is 5.31.